The molecule has 336 valence electrons. The van der Waals surface area contributed by atoms with Crippen LogP contribution in [0, 0.1) is 18.8 Å². The van der Waals surface area contributed by atoms with Gasteiger partial charge in [-0.1, -0.05) is 38.1 Å². The lowest BCUT2D eigenvalue weighted by Gasteiger charge is -2.38. The number of oxazole rings is 1. The Morgan fingerprint density at radius 2 is 1.53 bits per heavy atom. The summed E-state index contributed by atoms with van der Waals surface area (Å²) in [5.41, 5.74) is 4.55. The Morgan fingerprint density at radius 3 is 2.24 bits per heavy atom. The lowest BCUT2D eigenvalue weighted by molar-refractivity contribution is -0.146. The summed E-state index contributed by atoms with van der Waals surface area (Å²) in [6.45, 7) is 13.1. The van der Waals surface area contributed by atoms with Crippen LogP contribution in [-0.2, 0) is 36.7 Å². The number of likely N-dealkylation sites (tertiary alicyclic amines) is 4. The number of benzene rings is 2. The summed E-state index contributed by atoms with van der Waals surface area (Å²) in [5.74, 6) is 0.593. The van der Waals surface area contributed by atoms with E-state index in [2.05, 4.69) is 29.0 Å². The first-order valence-electron chi connectivity index (χ1n) is 22.6. The fourth-order valence-electron chi connectivity index (χ4n) is 9.19. The standard InChI is InChI=1S/C32H39N5O6.C14H24N2O3/c1-20-7-12-35(13-8-20)29(38)27(19-22-17-21(2)28-26(18-22)42-31(40)34-28)43-32(41)36-14-10-24(11-15-36)37-16-9-23-5-3-4-6-25(23)33-30(37)39;1-12-4-7-15(8-5-12)11-14(18)19-10-9-16-6-2-3-13(16)17/h3-6,17-18,20,24,27H,7-16,19H2,1-2H3,(H,33,39)(H,34,40);12H,2-11H2,1H3/t27-;/m1./s1. The number of aromatic nitrogens is 1. The number of anilines is 1. The van der Waals surface area contributed by atoms with Crippen molar-refractivity contribution in [1.29, 1.82) is 0 Å². The van der Waals surface area contributed by atoms with E-state index in [-0.39, 0.29) is 36.3 Å². The van der Waals surface area contributed by atoms with Gasteiger partial charge in [0.1, 0.15) is 6.61 Å². The van der Waals surface area contributed by atoms with Crippen molar-refractivity contribution in [2.45, 2.75) is 97.1 Å². The highest BCUT2D eigenvalue weighted by molar-refractivity contribution is 5.91. The number of ether oxygens (including phenoxy) is 2. The van der Waals surface area contributed by atoms with Crippen LogP contribution >= 0.6 is 0 Å². The third-order valence-electron chi connectivity index (χ3n) is 13.2. The van der Waals surface area contributed by atoms with Crippen LogP contribution in [0.2, 0.25) is 0 Å². The molecule has 3 aromatic rings. The number of rotatable bonds is 10. The van der Waals surface area contributed by atoms with Gasteiger partial charge in [0.05, 0.1) is 18.6 Å². The summed E-state index contributed by atoms with van der Waals surface area (Å²) in [6.07, 6.45) is 6.39. The Bertz CT molecular complexity index is 2110. The second-order valence-electron chi connectivity index (χ2n) is 17.8. The van der Waals surface area contributed by atoms with Crippen LogP contribution in [-0.4, -0.2) is 144 Å². The van der Waals surface area contributed by atoms with Crippen LogP contribution in [0.5, 0.6) is 0 Å². The zero-order chi connectivity index (χ0) is 43.8. The Morgan fingerprint density at radius 1 is 0.839 bits per heavy atom. The average molecular weight is 858 g/mol. The molecule has 6 heterocycles. The SMILES string of the molecule is CC1CCN(CC(=O)OCCN2CCCC2=O)CC1.Cc1cc(C[C@@H](OC(=O)N2CCC(N3CCc4ccccc4NC3=O)CC2)C(=O)N2CCC(C)CC2)cc2oc(=O)[nH]c12. The molecule has 62 heavy (non-hydrogen) atoms. The molecule has 0 unspecified atom stereocenters. The number of esters is 1. The van der Waals surface area contributed by atoms with Gasteiger partial charge in [-0.2, -0.15) is 0 Å². The molecule has 4 saturated heterocycles. The number of piperidine rings is 3. The maximum Gasteiger partial charge on any atom is 0.417 e. The van der Waals surface area contributed by atoms with Gasteiger partial charge in [0.15, 0.2) is 11.7 Å². The first-order chi connectivity index (χ1) is 29.9. The molecular weight excluding hydrogens is 795 g/mol. The van der Waals surface area contributed by atoms with E-state index < -0.39 is 18.0 Å². The first kappa shape index (κ1) is 44.7. The number of hydrogen-bond acceptors (Lipinski definition) is 10. The number of amides is 5. The summed E-state index contributed by atoms with van der Waals surface area (Å²) in [5, 5.41) is 3.03. The minimum atomic E-state index is -1.00. The number of urea groups is 1. The van der Waals surface area contributed by atoms with Gasteiger partial charge >= 0.3 is 23.8 Å². The van der Waals surface area contributed by atoms with Crippen molar-refractivity contribution in [1.82, 2.24) is 29.5 Å². The van der Waals surface area contributed by atoms with E-state index in [1.807, 2.05) is 42.2 Å². The molecule has 2 N–H and O–H groups in total. The second-order valence-corrected chi connectivity index (χ2v) is 17.8. The number of H-pyrrole nitrogens is 1. The van der Waals surface area contributed by atoms with Crippen molar-refractivity contribution < 1.29 is 37.9 Å². The van der Waals surface area contributed by atoms with E-state index in [0.29, 0.717) is 88.7 Å². The maximum absolute atomic E-state index is 13.7. The van der Waals surface area contributed by atoms with E-state index in [9.17, 15) is 28.8 Å². The number of aryl methyl sites for hydroxylation is 1. The summed E-state index contributed by atoms with van der Waals surface area (Å²) < 4.78 is 16.4. The van der Waals surface area contributed by atoms with Gasteiger partial charge in [0.2, 0.25) is 5.91 Å². The molecule has 5 aliphatic heterocycles. The van der Waals surface area contributed by atoms with E-state index in [1.54, 1.807) is 20.8 Å². The van der Waals surface area contributed by atoms with Crippen LogP contribution in [0.25, 0.3) is 11.1 Å². The van der Waals surface area contributed by atoms with Crippen molar-refractivity contribution in [3.05, 3.63) is 63.6 Å². The van der Waals surface area contributed by atoms with Crippen molar-refractivity contribution >= 4 is 46.7 Å². The highest BCUT2D eigenvalue weighted by Crippen LogP contribution is 2.27. The largest absolute Gasteiger partial charge is 0.463 e. The molecule has 1 aromatic heterocycles. The van der Waals surface area contributed by atoms with Crippen LogP contribution in [0.1, 0.15) is 81.9 Å². The number of para-hydroxylation sites is 1. The Kier molecular flexibility index (Phi) is 14.9. The van der Waals surface area contributed by atoms with E-state index in [4.69, 9.17) is 13.9 Å². The molecule has 5 aliphatic rings. The van der Waals surface area contributed by atoms with Gasteiger partial charge in [-0.15, -0.1) is 0 Å². The highest BCUT2D eigenvalue weighted by Gasteiger charge is 2.35. The molecule has 16 nitrogen and oxygen atoms in total. The number of hydrogen-bond donors (Lipinski definition) is 2. The van der Waals surface area contributed by atoms with Gasteiger partial charge in [0.25, 0.3) is 5.91 Å². The molecule has 8 rings (SSSR count). The Balaban J connectivity index is 0.000000254. The topological polar surface area (TPSA) is 178 Å². The minimum Gasteiger partial charge on any atom is -0.463 e. The second kappa shape index (κ2) is 20.7. The van der Waals surface area contributed by atoms with Crippen molar-refractivity contribution in [3.8, 4) is 0 Å². The third-order valence-corrected chi connectivity index (χ3v) is 13.2. The molecule has 0 aliphatic carbocycles. The molecule has 0 bridgehead atoms. The number of carbonyl (C=O) groups is 5. The number of nitrogens with one attached hydrogen (secondary N) is 2. The van der Waals surface area contributed by atoms with E-state index in [1.165, 1.54) is 0 Å². The van der Waals surface area contributed by atoms with Gasteiger partial charge in [0, 0.05) is 63.8 Å². The van der Waals surface area contributed by atoms with Crippen LogP contribution < -0.4 is 11.1 Å². The monoisotopic (exact) mass is 857 g/mol. The summed E-state index contributed by atoms with van der Waals surface area (Å²) in [7, 11) is 0. The zero-order valence-electron chi connectivity index (χ0n) is 36.5. The molecule has 0 radical (unpaired) electrons. The number of aromatic amines is 1. The van der Waals surface area contributed by atoms with Gasteiger partial charge in [-0.3, -0.25) is 24.3 Å². The van der Waals surface area contributed by atoms with Crippen LogP contribution in [0.4, 0.5) is 15.3 Å². The Labute approximate surface area is 363 Å². The van der Waals surface area contributed by atoms with Crippen molar-refractivity contribution in [2.24, 2.45) is 11.8 Å². The van der Waals surface area contributed by atoms with E-state index in [0.717, 1.165) is 86.5 Å². The number of carbonyl (C=O) groups excluding carboxylic acids is 5. The maximum atomic E-state index is 13.7. The lowest BCUT2D eigenvalue weighted by Crippen LogP contribution is -2.51. The van der Waals surface area contributed by atoms with E-state index >= 15 is 0 Å². The molecule has 0 spiro atoms. The average Bonchev–Trinajstić information content (AvgIpc) is 3.81. The summed E-state index contributed by atoms with van der Waals surface area (Å²) >= 11 is 0. The predicted octanol–water partition coefficient (Wildman–Crippen LogP) is 5.17. The van der Waals surface area contributed by atoms with Crippen molar-refractivity contribution in [3.63, 3.8) is 0 Å². The lowest BCUT2D eigenvalue weighted by atomic mass is 9.98. The molecule has 16 heteroatoms. The molecule has 4 fully saturated rings. The molecule has 2 aromatic carbocycles. The molecule has 0 saturated carbocycles. The van der Waals surface area contributed by atoms with Crippen molar-refractivity contribution in [2.75, 3.05) is 77.4 Å². The fraction of sp³-hybridized carbons (Fsp3) is 0.609. The first-order valence-corrected chi connectivity index (χ1v) is 22.6. The molecule has 1 atom stereocenters. The summed E-state index contributed by atoms with van der Waals surface area (Å²) in [6, 6.07) is 11.4. The third kappa shape index (κ3) is 11.5. The highest BCUT2D eigenvalue weighted by atomic mass is 16.6. The van der Waals surface area contributed by atoms with Gasteiger partial charge < -0.3 is 38.8 Å². The Hall–Kier alpha value is -5.38. The molecule has 5 amide bonds. The predicted molar refractivity (Wildman–Crippen MR) is 233 cm³/mol. The van der Waals surface area contributed by atoms with Gasteiger partial charge in [-0.25, -0.2) is 14.4 Å². The normalized spacial score (nSPS) is 20.0. The summed E-state index contributed by atoms with van der Waals surface area (Å²) in [4.78, 5) is 86.9. The smallest absolute Gasteiger partial charge is 0.417 e. The number of nitrogens with zero attached hydrogens (tertiary/aromatic N) is 5. The van der Waals surface area contributed by atoms with Crippen LogP contribution in [0.15, 0.2) is 45.6 Å². The quantitative estimate of drug-likeness (QED) is 0.259. The molecular formula is C46H63N7O9. The fourth-order valence-corrected chi connectivity index (χ4v) is 9.19. The van der Waals surface area contributed by atoms with Gasteiger partial charge in [-0.05, 0) is 112 Å². The minimum absolute atomic E-state index is 0.0110. The zero-order valence-corrected chi connectivity index (χ0v) is 36.5. The number of fused-ring (bicyclic) bond motifs is 2. The van der Waals surface area contributed by atoms with Crippen LogP contribution in [0.3, 0.4) is 0 Å².